The van der Waals surface area contributed by atoms with Crippen molar-refractivity contribution in [3.05, 3.63) is 98.4 Å². The number of methoxy groups -OCH3 is 1. The second-order valence-electron chi connectivity index (χ2n) is 9.25. The largest absolute Gasteiger partial charge is 0.494 e. The molecule has 0 aliphatic carbocycles. The van der Waals surface area contributed by atoms with Gasteiger partial charge < -0.3 is 24.6 Å². The van der Waals surface area contributed by atoms with E-state index in [0.29, 0.717) is 50.7 Å². The van der Waals surface area contributed by atoms with Gasteiger partial charge in [0.15, 0.2) is 11.6 Å². The van der Waals surface area contributed by atoms with Crippen molar-refractivity contribution in [1.29, 1.82) is 0 Å². The number of carbonyl (C=O) groups is 1. The zero-order valence-corrected chi connectivity index (χ0v) is 24.9. The Morgan fingerprint density at radius 2 is 1.64 bits per heavy atom. The van der Waals surface area contributed by atoms with Crippen LogP contribution in [0.5, 0.6) is 5.75 Å². The molecule has 2 N–H and O–H groups in total. The molecule has 0 spiro atoms. The monoisotopic (exact) mass is 658 g/mol. The van der Waals surface area contributed by atoms with E-state index in [1.165, 1.54) is 0 Å². The van der Waals surface area contributed by atoms with Gasteiger partial charge in [-0.2, -0.15) is 0 Å². The van der Waals surface area contributed by atoms with Crippen LogP contribution >= 0.6 is 31.9 Å². The summed E-state index contributed by atoms with van der Waals surface area (Å²) in [5.74, 6) is 0.884. The first-order valence-electron chi connectivity index (χ1n) is 12.8. The number of benzene rings is 3. The summed E-state index contributed by atoms with van der Waals surface area (Å²) in [6.07, 6.45) is 0.953. The Morgan fingerprint density at radius 3 is 2.28 bits per heavy atom. The molecule has 206 valence electrons. The number of amides is 1. The molecule has 3 aromatic rings. The normalized spacial score (nSPS) is 18.4. The van der Waals surface area contributed by atoms with E-state index in [9.17, 15) is 4.79 Å². The highest BCUT2D eigenvalue weighted by Crippen LogP contribution is 2.43. The summed E-state index contributed by atoms with van der Waals surface area (Å²) in [5, 5.41) is 12.1. The second kappa shape index (κ2) is 14.1. The van der Waals surface area contributed by atoms with Gasteiger partial charge in [0.25, 0.3) is 5.91 Å². The predicted octanol–water partition coefficient (Wildman–Crippen LogP) is 5.63. The number of hydrogen-bond acceptors (Lipinski definition) is 6. The maximum atomic E-state index is 14.0. The van der Waals surface area contributed by atoms with Crippen LogP contribution in [0.1, 0.15) is 35.6 Å². The zero-order chi connectivity index (χ0) is 27.7. The topological polar surface area (TPSA) is 89.4 Å². The summed E-state index contributed by atoms with van der Waals surface area (Å²) < 4.78 is 19.3. The predicted molar refractivity (Wildman–Crippen MR) is 158 cm³/mol. The molecule has 9 heteroatoms. The number of aliphatic hydroxyl groups excluding tert-OH is 1. The molecule has 0 radical (unpaired) electrons. The zero-order valence-electron chi connectivity index (χ0n) is 21.7. The summed E-state index contributed by atoms with van der Waals surface area (Å²) in [4.78, 5) is 19.1. The van der Waals surface area contributed by atoms with Crippen molar-refractivity contribution in [2.75, 3.05) is 33.5 Å². The highest BCUT2D eigenvalue weighted by atomic mass is 79.9. The average Bonchev–Trinajstić information content (AvgIpc) is 3.33. The minimum Gasteiger partial charge on any atom is -0.494 e. The van der Waals surface area contributed by atoms with E-state index in [1.807, 2.05) is 72.8 Å². The average molecular weight is 660 g/mol. The van der Waals surface area contributed by atoms with Crippen molar-refractivity contribution < 1.29 is 24.1 Å². The molecule has 2 atom stereocenters. The Morgan fingerprint density at radius 1 is 0.974 bits per heavy atom. The van der Waals surface area contributed by atoms with Gasteiger partial charge in [0.05, 0.1) is 6.61 Å². The molecule has 0 saturated heterocycles. The van der Waals surface area contributed by atoms with Crippen LogP contribution in [0.4, 0.5) is 0 Å². The summed E-state index contributed by atoms with van der Waals surface area (Å²) in [6.45, 7) is 1.52. The molecule has 0 bridgehead atoms. The number of aliphatic imine (C=N–C) groups is 1. The molecular weight excluding hydrogens is 628 g/mol. The third kappa shape index (κ3) is 7.48. The van der Waals surface area contributed by atoms with Crippen molar-refractivity contribution in [3.8, 4) is 5.75 Å². The number of carbonyl (C=O) groups excluding carboxylic acids is 1. The number of nitrogens with one attached hydrogen (secondary N) is 1. The van der Waals surface area contributed by atoms with Gasteiger partial charge in [0, 0.05) is 54.2 Å². The van der Waals surface area contributed by atoms with Crippen LogP contribution in [-0.4, -0.2) is 55.9 Å². The molecule has 4 rings (SSSR count). The van der Waals surface area contributed by atoms with Crippen LogP contribution in [0.2, 0.25) is 0 Å². The van der Waals surface area contributed by atoms with E-state index in [-0.39, 0.29) is 12.5 Å². The van der Waals surface area contributed by atoms with Gasteiger partial charge in [-0.15, -0.1) is 0 Å². The standard InChI is InChI=1S/C30H32Br2N2O5/c1-37-18-2-16-33-29(36)30(20-21-4-10-24(31)11-5-21)27(22-6-12-25(32)13-7-22)39-28(34-30)23-8-14-26(15-9-23)38-19-3-17-35/h4-15,27,35H,2-3,16-20H2,1H3,(H,33,36)/t27-,30-/m1/s1. The van der Waals surface area contributed by atoms with Gasteiger partial charge in [-0.3, -0.25) is 4.79 Å². The molecule has 1 aliphatic rings. The van der Waals surface area contributed by atoms with Gasteiger partial charge in [-0.05, 0) is 66.1 Å². The van der Waals surface area contributed by atoms with Crippen LogP contribution in [0.3, 0.4) is 0 Å². The van der Waals surface area contributed by atoms with Crippen LogP contribution in [0.15, 0.2) is 86.7 Å². The first kappa shape index (κ1) is 29.3. The number of ether oxygens (including phenoxy) is 3. The number of hydrogen-bond donors (Lipinski definition) is 2. The Kier molecular flexibility index (Phi) is 10.6. The van der Waals surface area contributed by atoms with E-state index in [4.69, 9.17) is 24.3 Å². The lowest BCUT2D eigenvalue weighted by molar-refractivity contribution is -0.129. The number of nitrogens with zero attached hydrogens (tertiary/aromatic N) is 1. The molecule has 7 nitrogen and oxygen atoms in total. The van der Waals surface area contributed by atoms with Crippen molar-refractivity contribution in [3.63, 3.8) is 0 Å². The maximum absolute atomic E-state index is 14.0. The Hall–Kier alpha value is -2.72. The van der Waals surface area contributed by atoms with Crippen LogP contribution in [-0.2, 0) is 20.7 Å². The Balaban J connectivity index is 1.73. The van der Waals surface area contributed by atoms with Crippen molar-refractivity contribution in [2.24, 2.45) is 4.99 Å². The number of halogens is 2. The fourth-order valence-corrected chi connectivity index (χ4v) is 4.93. The molecule has 1 heterocycles. The van der Waals surface area contributed by atoms with Gasteiger partial charge in [-0.1, -0.05) is 56.1 Å². The SMILES string of the molecule is COCCCNC(=O)[C@]1(Cc2ccc(Br)cc2)N=C(c2ccc(OCCCO)cc2)O[C@@H]1c1ccc(Br)cc1. The third-order valence-corrected chi connectivity index (χ3v) is 7.46. The summed E-state index contributed by atoms with van der Waals surface area (Å²) >= 11 is 7.01. The molecule has 0 fully saturated rings. The van der Waals surface area contributed by atoms with Gasteiger partial charge >= 0.3 is 0 Å². The van der Waals surface area contributed by atoms with Gasteiger partial charge in [0.2, 0.25) is 5.90 Å². The molecule has 3 aromatic carbocycles. The minimum absolute atomic E-state index is 0.0775. The van der Waals surface area contributed by atoms with Crippen molar-refractivity contribution in [1.82, 2.24) is 5.32 Å². The molecule has 1 amide bonds. The molecule has 0 saturated carbocycles. The third-order valence-electron chi connectivity index (χ3n) is 6.40. The quantitative estimate of drug-likeness (QED) is 0.233. The fraction of sp³-hybridized carbons (Fsp3) is 0.333. The lowest BCUT2D eigenvalue weighted by Crippen LogP contribution is -2.50. The van der Waals surface area contributed by atoms with Crippen LogP contribution < -0.4 is 10.1 Å². The summed E-state index contributed by atoms with van der Waals surface area (Å²) in [5.41, 5.74) is 1.33. The van der Waals surface area contributed by atoms with Crippen LogP contribution in [0, 0.1) is 0 Å². The minimum atomic E-state index is -1.24. The van der Waals surface area contributed by atoms with Crippen molar-refractivity contribution >= 4 is 43.7 Å². The van der Waals surface area contributed by atoms with Gasteiger partial charge in [0.1, 0.15) is 5.75 Å². The van der Waals surface area contributed by atoms with E-state index < -0.39 is 11.6 Å². The van der Waals surface area contributed by atoms with Crippen molar-refractivity contribution in [2.45, 2.75) is 30.9 Å². The van der Waals surface area contributed by atoms with E-state index in [1.54, 1.807) is 7.11 Å². The lowest BCUT2D eigenvalue weighted by atomic mass is 9.82. The molecule has 0 aromatic heterocycles. The second-order valence-corrected chi connectivity index (χ2v) is 11.1. The lowest BCUT2D eigenvalue weighted by Gasteiger charge is -2.31. The Bertz CT molecular complexity index is 1250. The van der Waals surface area contributed by atoms with Gasteiger partial charge in [-0.25, -0.2) is 4.99 Å². The smallest absolute Gasteiger partial charge is 0.252 e. The first-order valence-corrected chi connectivity index (χ1v) is 14.4. The number of rotatable bonds is 13. The summed E-state index contributed by atoms with van der Waals surface area (Å²) in [7, 11) is 1.64. The summed E-state index contributed by atoms with van der Waals surface area (Å²) in [6, 6.07) is 23.1. The molecular formula is C30H32Br2N2O5. The highest BCUT2D eigenvalue weighted by molar-refractivity contribution is 9.10. The Labute approximate surface area is 245 Å². The maximum Gasteiger partial charge on any atom is 0.252 e. The first-order chi connectivity index (χ1) is 18.9. The molecule has 1 aliphatic heterocycles. The molecule has 39 heavy (non-hydrogen) atoms. The van der Waals surface area contributed by atoms with Crippen LogP contribution in [0.25, 0.3) is 0 Å². The van der Waals surface area contributed by atoms with E-state index in [0.717, 1.165) is 25.6 Å². The fourth-order valence-electron chi connectivity index (χ4n) is 4.40. The molecule has 0 unspecified atom stereocenters. The van der Waals surface area contributed by atoms with E-state index in [2.05, 4.69) is 37.2 Å². The number of aliphatic hydroxyl groups is 1. The highest BCUT2D eigenvalue weighted by Gasteiger charge is 2.53. The van der Waals surface area contributed by atoms with E-state index >= 15 is 0 Å².